The van der Waals surface area contributed by atoms with Crippen LogP contribution in [-0.4, -0.2) is 62.5 Å². The number of carbonyl (C=O) groups is 4. The smallest absolute Gasteiger partial charge is 0.269 e. The Morgan fingerprint density at radius 1 is 1.07 bits per heavy atom. The van der Waals surface area contributed by atoms with E-state index in [2.05, 4.69) is 10.4 Å². The maximum atomic E-state index is 15.3. The number of halogens is 2. The average molecular weight is 580 g/mol. The number of rotatable bonds is 10. The van der Waals surface area contributed by atoms with Crippen molar-refractivity contribution >= 4 is 51.7 Å². The van der Waals surface area contributed by atoms with Crippen molar-refractivity contribution in [2.75, 3.05) is 18.5 Å². The molecule has 0 aliphatic carbocycles. The number of ketones is 1. The van der Waals surface area contributed by atoms with Crippen LogP contribution in [0.25, 0.3) is 22.0 Å². The number of amides is 3. The normalized spacial score (nSPS) is 11.1. The van der Waals surface area contributed by atoms with Crippen molar-refractivity contribution in [3.63, 3.8) is 0 Å². The third-order valence-electron chi connectivity index (χ3n) is 6.43. The number of aliphatic hydroxyl groups excluding tert-OH is 1. The number of anilines is 1. The molecule has 4 aromatic rings. The Labute approximate surface area is 239 Å². The summed E-state index contributed by atoms with van der Waals surface area (Å²) in [5.41, 5.74) is 6.43. The summed E-state index contributed by atoms with van der Waals surface area (Å²) >= 11 is 6.22. The Morgan fingerprint density at radius 2 is 1.78 bits per heavy atom. The number of hydrogen-bond acceptors (Lipinski definition) is 6. The van der Waals surface area contributed by atoms with E-state index in [4.69, 9.17) is 22.4 Å². The number of benzene rings is 3. The molecular formula is C29H27ClFN5O5. The lowest BCUT2D eigenvalue weighted by Gasteiger charge is -2.26. The first kappa shape index (κ1) is 29.4. The van der Waals surface area contributed by atoms with Gasteiger partial charge in [-0.15, -0.1) is 0 Å². The number of nitrogens with one attached hydrogen (secondary N) is 1. The van der Waals surface area contributed by atoms with E-state index in [9.17, 15) is 19.2 Å². The van der Waals surface area contributed by atoms with Crippen molar-refractivity contribution in [1.29, 1.82) is 0 Å². The Bertz CT molecular complexity index is 1670. The topological polar surface area (TPSA) is 148 Å². The lowest BCUT2D eigenvalue weighted by molar-refractivity contribution is -0.137. The molecule has 10 nitrogen and oxygen atoms in total. The molecule has 0 spiro atoms. The molecule has 0 radical (unpaired) electrons. The Morgan fingerprint density at radius 3 is 2.44 bits per heavy atom. The molecule has 0 saturated heterocycles. The summed E-state index contributed by atoms with van der Waals surface area (Å²) in [6, 6.07) is 15.2. The molecule has 0 bridgehead atoms. The van der Waals surface area contributed by atoms with Gasteiger partial charge in [-0.1, -0.05) is 41.9 Å². The van der Waals surface area contributed by atoms with Gasteiger partial charge in [-0.25, -0.2) is 4.39 Å². The molecule has 0 atom stereocenters. The van der Waals surface area contributed by atoms with Crippen LogP contribution in [0.1, 0.15) is 34.7 Å². The number of hydrogen-bond donors (Lipinski definition) is 3. The van der Waals surface area contributed by atoms with Crippen molar-refractivity contribution in [2.45, 2.75) is 26.4 Å². The molecule has 0 saturated carbocycles. The van der Waals surface area contributed by atoms with E-state index in [1.54, 1.807) is 50.2 Å². The van der Waals surface area contributed by atoms with E-state index in [0.29, 0.717) is 16.1 Å². The lowest BCUT2D eigenvalue weighted by atomic mass is 10.0. The zero-order valence-corrected chi connectivity index (χ0v) is 23.0. The summed E-state index contributed by atoms with van der Waals surface area (Å²) in [6.45, 7) is 1.98. The monoisotopic (exact) mass is 579 g/mol. The highest BCUT2D eigenvalue weighted by atomic mass is 35.5. The minimum atomic E-state index is -0.865. The molecular weight excluding hydrogens is 553 g/mol. The van der Waals surface area contributed by atoms with Gasteiger partial charge in [0.2, 0.25) is 11.8 Å². The highest BCUT2D eigenvalue weighted by molar-refractivity contribution is 6.33. The van der Waals surface area contributed by atoms with Crippen LogP contribution in [-0.2, 0) is 16.1 Å². The summed E-state index contributed by atoms with van der Waals surface area (Å²) in [4.78, 5) is 51.5. The fourth-order valence-corrected chi connectivity index (χ4v) is 4.62. The number of primary amides is 1. The maximum Gasteiger partial charge on any atom is 0.269 e. The fraction of sp³-hybridized carbons (Fsp3) is 0.207. The largest absolute Gasteiger partial charge is 0.388 e. The van der Waals surface area contributed by atoms with Gasteiger partial charge >= 0.3 is 0 Å². The molecule has 1 heterocycles. The van der Waals surface area contributed by atoms with Crippen molar-refractivity contribution in [3.05, 3.63) is 82.8 Å². The first-order valence-electron chi connectivity index (χ1n) is 12.6. The maximum absolute atomic E-state index is 15.3. The zero-order valence-electron chi connectivity index (χ0n) is 22.2. The van der Waals surface area contributed by atoms with Gasteiger partial charge in [-0.2, -0.15) is 5.10 Å². The Balaban J connectivity index is 1.55. The molecule has 12 heteroatoms. The fourth-order valence-electron chi connectivity index (χ4n) is 4.38. The van der Waals surface area contributed by atoms with Crippen LogP contribution >= 0.6 is 11.6 Å². The number of Topliss-reactive ketones (excluding diaryl/α,β-unsaturated/α-hetero) is 1. The van der Waals surface area contributed by atoms with Gasteiger partial charge in [-0.3, -0.25) is 23.9 Å². The van der Waals surface area contributed by atoms with Crippen LogP contribution in [0.2, 0.25) is 5.02 Å². The molecule has 4 N–H and O–H groups in total. The summed E-state index contributed by atoms with van der Waals surface area (Å²) in [5, 5.41) is 16.4. The lowest BCUT2D eigenvalue weighted by Crippen LogP contribution is -2.44. The van der Waals surface area contributed by atoms with Crippen LogP contribution in [0.5, 0.6) is 0 Å². The van der Waals surface area contributed by atoms with Crippen molar-refractivity contribution in [1.82, 2.24) is 14.7 Å². The van der Waals surface area contributed by atoms with Crippen molar-refractivity contribution < 1.29 is 28.7 Å². The van der Waals surface area contributed by atoms with Gasteiger partial charge in [0.15, 0.2) is 17.3 Å². The van der Waals surface area contributed by atoms with E-state index < -0.39 is 42.0 Å². The van der Waals surface area contributed by atoms with E-state index >= 15 is 4.39 Å². The number of nitrogens with two attached hydrogens (primary N) is 1. The second-order valence-corrected chi connectivity index (χ2v) is 9.90. The van der Waals surface area contributed by atoms with Crippen LogP contribution in [0.15, 0.2) is 60.7 Å². The highest BCUT2D eigenvalue weighted by Crippen LogP contribution is 2.32. The number of carbonyl (C=O) groups excluding carboxylic acids is 4. The summed E-state index contributed by atoms with van der Waals surface area (Å²) in [5.74, 6) is -3.22. The first-order chi connectivity index (χ1) is 19.5. The van der Waals surface area contributed by atoms with Gasteiger partial charge in [-0.05, 0) is 44.2 Å². The highest BCUT2D eigenvalue weighted by Gasteiger charge is 2.24. The van der Waals surface area contributed by atoms with E-state index in [-0.39, 0.29) is 41.0 Å². The first-order valence-corrected chi connectivity index (χ1v) is 13.0. The third-order valence-corrected chi connectivity index (χ3v) is 6.76. The molecule has 0 unspecified atom stereocenters. The van der Waals surface area contributed by atoms with Gasteiger partial charge in [0, 0.05) is 33.1 Å². The predicted octanol–water partition coefficient (Wildman–Crippen LogP) is 3.65. The van der Waals surface area contributed by atoms with Gasteiger partial charge in [0.1, 0.15) is 19.7 Å². The molecule has 3 amide bonds. The second kappa shape index (κ2) is 12.3. The summed E-state index contributed by atoms with van der Waals surface area (Å²) in [6.07, 6.45) is 0. The average Bonchev–Trinajstić information content (AvgIpc) is 3.30. The van der Waals surface area contributed by atoms with Crippen LogP contribution in [0.4, 0.5) is 10.1 Å². The second-order valence-electron chi connectivity index (χ2n) is 9.49. The standard InChI is InChI=1S/C29H27ClFN5O5/c1-16(2)35(13-25(39)33-22-9-5-7-19(27(22)31)18-6-3-4-8-21(18)30)26(40)14-36-23-11-10-17(24(38)15-37)12-20(23)28(34-36)29(32)41/h3-12,16,37H,13-15H2,1-2H3,(H2,32,41)(H,33,39). The summed E-state index contributed by atoms with van der Waals surface area (Å²) in [7, 11) is 0. The Kier molecular flexibility index (Phi) is 8.80. The molecule has 0 aliphatic heterocycles. The molecule has 1 aromatic heterocycles. The summed E-state index contributed by atoms with van der Waals surface area (Å²) < 4.78 is 16.6. The molecule has 0 fully saturated rings. The molecule has 0 aliphatic rings. The van der Waals surface area contributed by atoms with E-state index in [1.807, 2.05) is 0 Å². The third kappa shape index (κ3) is 6.26. The molecule has 41 heavy (non-hydrogen) atoms. The number of nitrogens with zero attached hydrogens (tertiary/aromatic N) is 3. The minimum absolute atomic E-state index is 0.0685. The molecule has 212 valence electrons. The van der Waals surface area contributed by atoms with Gasteiger partial charge < -0.3 is 21.1 Å². The molecule has 3 aromatic carbocycles. The molecule has 4 rings (SSSR count). The predicted molar refractivity (Wildman–Crippen MR) is 152 cm³/mol. The number of fused-ring (bicyclic) bond motifs is 1. The Hall–Kier alpha value is -4.61. The van der Waals surface area contributed by atoms with Crippen LogP contribution in [0.3, 0.4) is 0 Å². The SMILES string of the molecule is CC(C)N(CC(=O)Nc1cccc(-c2ccccc2Cl)c1F)C(=O)Cn1nc(C(N)=O)c2cc(C(=O)CO)ccc21. The van der Waals surface area contributed by atoms with Crippen LogP contribution < -0.4 is 11.1 Å². The minimum Gasteiger partial charge on any atom is -0.388 e. The number of aromatic nitrogens is 2. The van der Waals surface area contributed by atoms with E-state index in [1.165, 1.54) is 33.8 Å². The van der Waals surface area contributed by atoms with E-state index in [0.717, 1.165) is 0 Å². The zero-order chi connectivity index (χ0) is 29.8. The van der Waals surface area contributed by atoms with Gasteiger partial charge in [0.25, 0.3) is 5.91 Å². The number of aliphatic hydroxyl groups is 1. The van der Waals surface area contributed by atoms with Crippen LogP contribution in [0, 0.1) is 5.82 Å². The van der Waals surface area contributed by atoms with Gasteiger partial charge in [0.05, 0.1) is 11.2 Å². The van der Waals surface area contributed by atoms with Crippen molar-refractivity contribution in [3.8, 4) is 11.1 Å². The van der Waals surface area contributed by atoms with Crippen molar-refractivity contribution in [2.24, 2.45) is 5.73 Å². The quantitative estimate of drug-likeness (QED) is 0.244.